The Morgan fingerprint density at radius 1 is 1.16 bits per heavy atom. The second kappa shape index (κ2) is 8.15. The van der Waals surface area contributed by atoms with Crippen LogP contribution in [0.5, 0.6) is 0 Å². The monoisotopic (exact) mass is 410 g/mol. The van der Waals surface area contributed by atoms with Crippen molar-refractivity contribution in [3.05, 3.63) is 66.4 Å². The molecule has 154 valence electrons. The molecule has 3 heterocycles. The normalized spacial score (nSPS) is 18.7. The van der Waals surface area contributed by atoms with E-state index in [1.165, 1.54) is 0 Å². The lowest BCUT2D eigenvalue weighted by Gasteiger charge is -2.28. The Hall–Kier alpha value is -3.79. The van der Waals surface area contributed by atoms with E-state index in [9.17, 15) is 10.1 Å². The summed E-state index contributed by atoms with van der Waals surface area (Å²) < 4.78 is 2.04. The number of carbonyl (C=O) groups excluding carboxylic acids is 1. The molecule has 1 aliphatic carbocycles. The number of hydrogen-bond acceptors (Lipinski definition) is 5. The third kappa shape index (κ3) is 3.73. The number of nitrogens with one attached hydrogen (secondary N) is 1. The average Bonchev–Trinajstić information content (AvgIpc) is 3.49. The van der Waals surface area contributed by atoms with Crippen molar-refractivity contribution < 1.29 is 4.79 Å². The molecular formula is C24H22N6O. The van der Waals surface area contributed by atoms with E-state index in [-0.39, 0.29) is 5.78 Å². The first-order valence-electron chi connectivity index (χ1n) is 10.6. The molecule has 5 rings (SSSR count). The van der Waals surface area contributed by atoms with Crippen LogP contribution in [0.4, 0.5) is 0 Å². The summed E-state index contributed by atoms with van der Waals surface area (Å²) in [6.07, 6.45) is 11.8. The number of carbonyl (C=O) groups is 1. The molecule has 1 fully saturated rings. The summed E-state index contributed by atoms with van der Waals surface area (Å²) in [6, 6.07) is 11.5. The molecule has 4 aromatic rings. The van der Waals surface area contributed by atoms with Crippen LogP contribution in [0.3, 0.4) is 0 Å². The number of rotatable bonds is 5. The number of benzene rings is 1. The Balaban J connectivity index is 1.24. The first kappa shape index (κ1) is 19.2. The standard InChI is InChI=1S/C24H22N6O/c25-12-17-3-1-2-4-20(17)22(31)11-16-5-7-19(8-6-16)30-14-18(13-29-30)23-21-9-10-26-24(21)28-15-27-23/h1-4,9-10,13-16,19H,5-8,11H2,(H,26,27,28). The molecule has 3 aromatic heterocycles. The fourth-order valence-electron chi connectivity index (χ4n) is 4.57. The van der Waals surface area contributed by atoms with Crippen molar-refractivity contribution in [2.24, 2.45) is 5.92 Å². The largest absolute Gasteiger partial charge is 0.346 e. The van der Waals surface area contributed by atoms with Crippen molar-refractivity contribution >= 4 is 16.8 Å². The average molecular weight is 410 g/mol. The van der Waals surface area contributed by atoms with Gasteiger partial charge >= 0.3 is 0 Å². The number of hydrogen-bond donors (Lipinski definition) is 1. The maximum Gasteiger partial charge on any atom is 0.164 e. The quantitative estimate of drug-likeness (QED) is 0.481. The summed E-state index contributed by atoms with van der Waals surface area (Å²) in [6.45, 7) is 0. The van der Waals surface area contributed by atoms with Crippen LogP contribution in [-0.4, -0.2) is 30.5 Å². The predicted octanol–water partition coefficient (Wildman–Crippen LogP) is 4.70. The van der Waals surface area contributed by atoms with Crippen molar-refractivity contribution in [1.29, 1.82) is 5.26 Å². The number of ketones is 1. The first-order valence-corrected chi connectivity index (χ1v) is 10.6. The van der Waals surface area contributed by atoms with Gasteiger partial charge in [-0.1, -0.05) is 18.2 Å². The molecule has 0 amide bonds. The second-order valence-electron chi connectivity index (χ2n) is 8.13. The van der Waals surface area contributed by atoms with Crippen LogP contribution in [0.25, 0.3) is 22.3 Å². The van der Waals surface area contributed by atoms with E-state index in [2.05, 4.69) is 32.3 Å². The Labute approximate surface area is 179 Å². The summed E-state index contributed by atoms with van der Waals surface area (Å²) in [5.41, 5.74) is 3.70. The minimum atomic E-state index is 0.0706. The number of Topliss-reactive ketones (excluding diaryl/α,β-unsaturated/α-hetero) is 1. The fraction of sp³-hybridized carbons (Fsp3) is 0.292. The number of fused-ring (bicyclic) bond motifs is 1. The van der Waals surface area contributed by atoms with Crippen molar-refractivity contribution in [2.75, 3.05) is 0 Å². The highest BCUT2D eigenvalue weighted by Crippen LogP contribution is 2.35. The fourth-order valence-corrected chi connectivity index (χ4v) is 4.57. The molecule has 0 aliphatic heterocycles. The van der Waals surface area contributed by atoms with Crippen LogP contribution < -0.4 is 0 Å². The Bertz CT molecular complexity index is 1270. The number of H-pyrrole nitrogens is 1. The maximum absolute atomic E-state index is 12.7. The van der Waals surface area contributed by atoms with Gasteiger partial charge in [0.05, 0.1) is 29.6 Å². The van der Waals surface area contributed by atoms with Gasteiger partial charge in [-0.05, 0) is 43.7 Å². The molecule has 31 heavy (non-hydrogen) atoms. The van der Waals surface area contributed by atoms with Gasteiger partial charge in [0.25, 0.3) is 0 Å². The zero-order valence-electron chi connectivity index (χ0n) is 17.0. The second-order valence-corrected chi connectivity index (χ2v) is 8.13. The van der Waals surface area contributed by atoms with E-state index in [4.69, 9.17) is 0 Å². The molecule has 0 atom stereocenters. The van der Waals surface area contributed by atoms with E-state index in [1.54, 1.807) is 24.5 Å². The van der Waals surface area contributed by atoms with E-state index < -0.39 is 0 Å². The number of aromatic nitrogens is 5. The van der Waals surface area contributed by atoms with Gasteiger partial charge in [0.1, 0.15) is 12.0 Å². The highest BCUT2D eigenvalue weighted by molar-refractivity contribution is 5.98. The van der Waals surface area contributed by atoms with E-state index in [0.29, 0.717) is 29.5 Å². The van der Waals surface area contributed by atoms with Gasteiger partial charge in [0, 0.05) is 35.3 Å². The summed E-state index contributed by atoms with van der Waals surface area (Å²) in [4.78, 5) is 24.5. The van der Waals surface area contributed by atoms with Gasteiger partial charge in [-0.15, -0.1) is 0 Å². The molecule has 1 aromatic carbocycles. The van der Waals surface area contributed by atoms with Crippen molar-refractivity contribution in [2.45, 2.75) is 38.1 Å². The smallest absolute Gasteiger partial charge is 0.164 e. The molecule has 0 bridgehead atoms. The third-order valence-corrected chi connectivity index (χ3v) is 6.24. The first-order chi connectivity index (χ1) is 15.2. The highest BCUT2D eigenvalue weighted by atomic mass is 16.1. The van der Waals surface area contributed by atoms with Gasteiger partial charge in [-0.25, -0.2) is 9.97 Å². The predicted molar refractivity (Wildman–Crippen MR) is 116 cm³/mol. The lowest BCUT2D eigenvalue weighted by molar-refractivity contribution is 0.0942. The van der Waals surface area contributed by atoms with Gasteiger partial charge in [-0.2, -0.15) is 10.4 Å². The Morgan fingerprint density at radius 2 is 2.00 bits per heavy atom. The molecule has 7 nitrogen and oxygen atoms in total. The molecule has 0 saturated heterocycles. The van der Waals surface area contributed by atoms with Crippen LogP contribution >= 0.6 is 0 Å². The highest BCUT2D eigenvalue weighted by Gasteiger charge is 2.26. The summed E-state index contributed by atoms with van der Waals surface area (Å²) in [7, 11) is 0. The molecule has 0 radical (unpaired) electrons. The lowest BCUT2D eigenvalue weighted by atomic mass is 9.82. The van der Waals surface area contributed by atoms with Gasteiger partial charge < -0.3 is 4.98 Å². The molecule has 1 N–H and O–H groups in total. The van der Waals surface area contributed by atoms with Crippen LogP contribution in [0.1, 0.15) is 54.1 Å². The van der Waals surface area contributed by atoms with Crippen molar-refractivity contribution in [3.63, 3.8) is 0 Å². The molecule has 0 unspecified atom stereocenters. The van der Waals surface area contributed by atoms with E-state index in [0.717, 1.165) is 48.0 Å². The van der Waals surface area contributed by atoms with Crippen LogP contribution in [0.15, 0.2) is 55.2 Å². The van der Waals surface area contributed by atoms with Crippen LogP contribution in [0.2, 0.25) is 0 Å². The summed E-state index contributed by atoms with van der Waals surface area (Å²) in [5, 5.41) is 14.8. The van der Waals surface area contributed by atoms with E-state index in [1.807, 2.05) is 29.2 Å². The lowest BCUT2D eigenvalue weighted by Crippen LogP contribution is -2.20. The summed E-state index contributed by atoms with van der Waals surface area (Å²) in [5.74, 6) is 0.424. The summed E-state index contributed by atoms with van der Waals surface area (Å²) >= 11 is 0. The minimum Gasteiger partial charge on any atom is -0.346 e. The Kier molecular flexibility index (Phi) is 5.04. The van der Waals surface area contributed by atoms with E-state index >= 15 is 0 Å². The Morgan fingerprint density at radius 3 is 2.84 bits per heavy atom. The van der Waals surface area contributed by atoms with Gasteiger partial charge in [0.2, 0.25) is 0 Å². The number of aromatic amines is 1. The third-order valence-electron chi connectivity index (χ3n) is 6.24. The maximum atomic E-state index is 12.7. The van der Waals surface area contributed by atoms with Crippen LogP contribution in [-0.2, 0) is 0 Å². The zero-order valence-corrected chi connectivity index (χ0v) is 17.0. The topological polar surface area (TPSA) is 100 Å². The molecule has 1 aliphatic rings. The SMILES string of the molecule is N#Cc1ccccc1C(=O)CC1CCC(n2cc(-c3ncnc4[nH]ccc34)cn2)CC1. The zero-order chi connectivity index (χ0) is 21.2. The number of nitrogens with zero attached hydrogens (tertiary/aromatic N) is 5. The minimum absolute atomic E-state index is 0.0706. The van der Waals surface area contributed by atoms with Crippen molar-refractivity contribution in [3.8, 4) is 17.3 Å². The number of nitriles is 1. The van der Waals surface area contributed by atoms with Crippen molar-refractivity contribution in [1.82, 2.24) is 24.7 Å². The van der Waals surface area contributed by atoms with Gasteiger partial charge in [-0.3, -0.25) is 9.48 Å². The van der Waals surface area contributed by atoms with Crippen LogP contribution in [0, 0.1) is 17.2 Å². The van der Waals surface area contributed by atoms with Gasteiger partial charge in [0.15, 0.2) is 5.78 Å². The molecular weight excluding hydrogens is 388 g/mol. The molecule has 1 saturated carbocycles. The molecule has 0 spiro atoms. The molecule has 7 heteroatoms.